The number of aryl methyl sites for hydroxylation is 1. The van der Waals surface area contributed by atoms with Crippen molar-refractivity contribution in [1.29, 1.82) is 0 Å². The minimum atomic E-state index is -0.757. The molecule has 0 bridgehead atoms. The van der Waals surface area contributed by atoms with E-state index in [1.807, 2.05) is 13.0 Å². The molecule has 0 aliphatic rings. The summed E-state index contributed by atoms with van der Waals surface area (Å²) in [4.78, 5) is 23.7. The highest BCUT2D eigenvalue weighted by Crippen LogP contribution is 2.24. The zero-order valence-electron chi connectivity index (χ0n) is 12.9. The number of hydrogen-bond donors (Lipinski definition) is 2. The van der Waals surface area contributed by atoms with Crippen LogP contribution in [0.1, 0.15) is 33.3 Å². The molecule has 0 fully saturated rings. The molecule has 2 amide bonds. The number of esters is 1. The summed E-state index contributed by atoms with van der Waals surface area (Å²) in [6.45, 7) is 8.70. The van der Waals surface area contributed by atoms with Gasteiger partial charge in [-0.2, -0.15) is 0 Å². The molecule has 0 aliphatic carbocycles. The van der Waals surface area contributed by atoms with Gasteiger partial charge in [-0.05, 0) is 46.2 Å². The van der Waals surface area contributed by atoms with Crippen molar-refractivity contribution in [3.8, 4) is 0 Å². The monoisotopic (exact) mass is 312 g/mol. The minimum absolute atomic E-state index is 0.440. The lowest BCUT2D eigenvalue weighted by Crippen LogP contribution is -2.44. The normalized spacial score (nSPS) is 12.5. The van der Waals surface area contributed by atoms with Crippen molar-refractivity contribution in [2.45, 2.75) is 46.3 Å². The van der Waals surface area contributed by atoms with Crippen molar-refractivity contribution in [2.75, 3.05) is 5.32 Å². The first-order valence-electron chi connectivity index (χ1n) is 6.65. The second kappa shape index (κ2) is 6.80. The zero-order chi connectivity index (χ0) is 16.2. The maximum atomic E-state index is 11.9. The van der Waals surface area contributed by atoms with Gasteiger partial charge in [-0.15, -0.1) is 0 Å². The third kappa shape index (κ3) is 5.63. The van der Waals surface area contributed by atoms with Crippen molar-refractivity contribution < 1.29 is 14.3 Å². The Bertz CT molecular complexity index is 518. The van der Waals surface area contributed by atoms with Crippen LogP contribution in [0.5, 0.6) is 0 Å². The van der Waals surface area contributed by atoms with Gasteiger partial charge in [0.05, 0.1) is 10.7 Å². The van der Waals surface area contributed by atoms with Gasteiger partial charge in [-0.3, -0.25) is 0 Å². The number of rotatable bonds is 3. The molecule has 21 heavy (non-hydrogen) atoms. The van der Waals surface area contributed by atoms with Crippen molar-refractivity contribution in [3.05, 3.63) is 28.8 Å². The first-order valence-corrected chi connectivity index (χ1v) is 7.03. The molecule has 2 N–H and O–H groups in total. The molecular weight excluding hydrogens is 292 g/mol. The Hall–Kier alpha value is -1.75. The van der Waals surface area contributed by atoms with Gasteiger partial charge >= 0.3 is 12.0 Å². The fourth-order valence-electron chi connectivity index (χ4n) is 1.59. The summed E-state index contributed by atoms with van der Waals surface area (Å²) < 4.78 is 5.19. The number of urea groups is 1. The smallest absolute Gasteiger partial charge is 0.328 e. The van der Waals surface area contributed by atoms with Crippen molar-refractivity contribution in [1.82, 2.24) is 5.32 Å². The van der Waals surface area contributed by atoms with Crippen LogP contribution < -0.4 is 10.6 Å². The van der Waals surface area contributed by atoms with Crippen LogP contribution in [0.2, 0.25) is 5.02 Å². The Balaban J connectivity index is 2.64. The van der Waals surface area contributed by atoms with E-state index in [0.717, 1.165) is 5.56 Å². The summed E-state index contributed by atoms with van der Waals surface area (Å²) in [5, 5.41) is 5.60. The van der Waals surface area contributed by atoms with Gasteiger partial charge in [0.25, 0.3) is 0 Å². The summed E-state index contributed by atoms with van der Waals surface area (Å²) in [6, 6.07) is 4.04. The van der Waals surface area contributed by atoms with Gasteiger partial charge in [0.15, 0.2) is 0 Å². The van der Waals surface area contributed by atoms with Crippen LogP contribution in [0.15, 0.2) is 18.2 Å². The number of para-hydroxylation sites is 1. The zero-order valence-corrected chi connectivity index (χ0v) is 13.7. The number of ether oxygens (including phenoxy) is 1. The highest BCUT2D eigenvalue weighted by Gasteiger charge is 2.23. The molecule has 0 saturated carbocycles. The summed E-state index contributed by atoms with van der Waals surface area (Å²) in [5.74, 6) is -0.492. The third-order valence-electron chi connectivity index (χ3n) is 2.57. The van der Waals surface area contributed by atoms with E-state index in [1.165, 1.54) is 0 Å². The average molecular weight is 313 g/mol. The fourth-order valence-corrected chi connectivity index (χ4v) is 1.85. The first kappa shape index (κ1) is 17.3. The molecule has 0 heterocycles. The van der Waals surface area contributed by atoms with Crippen LogP contribution in [0.4, 0.5) is 10.5 Å². The Morgan fingerprint density at radius 2 is 1.90 bits per heavy atom. The number of benzene rings is 1. The van der Waals surface area contributed by atoms with Gasteiger partial charge < -0.3 is 15.4 Å². The third-order valence-corrected chi connectivity index (χ3v) is 2.88. The molecule has 1 aromatic carbocycles. The van der Waals surface area contributed by atoms with Gasteiger partial charge in [0.1, 0.15) is 11.6 Å². The van der Waals surface area contributed by atoms with E-state index >= 15 is 0 Å². The Labute approximate surface area is 130 Å². The number of amides is 2. The van der Waals surface area contributed by atoms with E-state index in [4.69, 9.17) is 16.3 Å². The average Bonchev–Trinajstić information content (AvgIpc) is 2.31. The second-order valence-corrected chi connectivity index (χ2v) is 6.19. The first-order chi connectivity index (χ1) is 9.60. The van der Waals surface area contributed by atoms with E-state index in [2.05, 4.69) is 10.6 Å². The number of carbonyl (C=O) groups excluding carboxylic acids is 2. The van der Waals surface area contributed by atoms with Gasteiger partial charge in [-0.1, -0.05) is 23.7 Å². The van der Waals surface area contributed by atoms with Crippen LogP contribution >= 0.6 is 11.6 Å². The topological polar surface area (TPSA) is 67.4 Å². The number of hydrogen-bond acceptors (Lipinski definition) is 3. The molecule has 5 nitrogen and oxygen atoms in total. The predicted octanol–water partition coefficient (Wildman–Crippen LogP) is 3.50. The van der Waals surface area contributed by atoms with Crippen LogP contribution in [0, 0.1) is 6.92 Å². The lowest BCUT2D eigenvalue weighted by atomic mass is 10.2. The van der Waals surface area contributed by atoms with Crippen molar-refractivity contribution >= 4 is 29.3 Å². The molecule has 0 saturated heterocycles. The van der Waals surface area contributed by atoms with Crippen LogP contribution in [-0.4, -0.2) is 23.6 Å². The molecule has 0 unspecified atom stereocenters. The van der Waals surface area contributed by atoms with Crippen LogP contribution in [0.3, 0.4) is 0 Å². The summed E-state index contributed by atoms with van der Waals surface area (Å²) in [6.07, 6.45) is 0. The van der Waals surface area contributed by atoms with Crippen molar-refractivity contribution in [3.63, 3.8) is 0 Å². The van der Waals surface area contributed by atoms with E-state index < -0.39 is 23.6 Å². The largest absolute Gasteiger partial charge is 0.458 e. The molecule has 0 aliphatic heterocycles. The number of nitrogens with one attached hydrogen (secondary N) is 2. The molecule has 0 radical (unpaired) electrons. The summed E-state index contributed by atoms with van der Waals surface area (Å²) in [7, 11) is 0. The summed E-state index contributed by atoms with van der Waals surface area (Å²) in [5.41, 5.74) is 0.763. The standard InChI is InChI=1S/C15H21ClN2O3/c1-9-7-6-8-11(16)12(9)18-14(20)17-10(2)13(19)21-15(3,4)5/h6-8,10H,1-5H3,(H2,17,18,20)/t10-/m1/s1. The molecule has 0 spiro atoms. The van der Waals surface area contributed by atoms with E-state index in [9.17, 15) is 9.59 Å². The highest BCUT2D eigenvalue weighted by molar-refractivity contribution is 6.33. The van der Waals surface area contributed by atoms with Crippen molar-refractivity contribution in [2.24, 2.45) is 0 Å². The molecule has 0 aromatic heterocycles. The summed E-state index contributed by atoms with van der Waals surface area (Å²) >= 11 is 6.03. The second-order valence-electron chi connectivity index (χ2n) is 5.79. The Morgan fingerprint density at radius 3 is 2.43 bits per heavy atom. The van der Waals surface area contributed by atoms with Gasteiger partial charge in [0, 0.05) is 0 Å². The lowest BCUT2D eigenvalue weighted by molar-refractivity contribution is -0.156. The number of halogens is 1. The Kier molecular flexibility index (Phi) is 5.61. The quantitative estimate of drug-likeness (QED) is 0.839. The SMILES string of the molecule is Cc1cccc(Cl)c1NC(=O)N[C@H](C)C(=O)OC(C)(C)C. The van der Waals surface area contributed by atoms with E-state index in [1.54, 1.807) is 39.8 Å². The highest BCUT2D eigenvalue weighted by atomic mass is 35.5. The molecule has 1 rings (SSSR count). The lowest BCUT2D eigenvalue weighted by Gasteiger charge is -2.23. The van der Waals surface area contributed by atoms with E-state index in [-0.39, 0.29) is 0 Å². The maximum absolute atomic E-state index is 11.9. The van der Waals surface area contributed by atoms with E-state index in [0.29, 0.717) is 10.7 Å². The molecule has 1 atom stereocenters. The maximum Gasteiger partial charge on any atom is 0.328 e. The fraction of sp³-hybridized carbons (Fsp3) is 0.467. The molecular formula is C15H21ClN2O3. The predicted molar refractivity (Wildman–Crippen MR) is 83.7 cm³/mol. The van der Waals surface area contributed by atoms with Gasteiger partial charge in [-0.25, -0.2) is 9.59 Å². The van der Waals surface area contributed by atoms with Gasteiger partial charge in [0.2, 0.25) is 0 Å². The Morgan fingerprint density at radius 1 is 1.29 bits per heavy atom. The number of anilines is 1. The molecule has 1 aromatic rings. The van der Waals surface area contributed by atoms with Crippen LogP contribution in [0.25, 0.3) is 0 Å². The number of carbonyl (C=O) groups is 2. The minimum Gasteiger partial charge on any atom is -0.458 e. The van der Waals surface area contributed by atoms with Crippen LogP contribution in [-0.2, 0) is 9.53 Å². The molecule has 116 valence electrons. The molecule has 6 heteroatoms.